The Morgan fingerprint density at radius 2 is 1.79 bits per heavy atom. The Morgan fingerprint density at radius 3 is 2.40 bits per heavy atom. The molecule has 1 aromatic carbocycles. The molecule has 3 aromatic rings. The van der Waals surface area contributed by atoms with Crippen LogP contribution in [0.5, 0.6) is 0 Å². The predicted molar refractivity (Wildman–Crippen MR) is 162 cm³/mol. The lowest BCUT2D eigenvalue weighted by Gasteiger charge is -2.32. The number of carbonyl (C=O) groups excluding carboxylic acids is 1. The second kappa shape index (κ2) is 9.50. The first-order chi connectivity index (χ1) is 19.6. The smallest absolute Gasteiger partial charge is 0.403 e. The summed E-state index contributed by atoms with van der Waals surface area (Å²) in [7, 11) is -0.356. The number of hydrogen-bond donors (Lipinski definition) is 1. The fourth-order valence-corrected chi connectivity index (χ4v) is 6.53. The molecule has 6 rings (SSSR count). The zero-order chi connectivity index (χ0) is 30.5. The summed E-state index contributed by atoms with van der Waals surface area (Å²) in [4.78, 5) is 30.2. The van der Waals surface area contributed by atoms with Crippen molar-refractivity contribution in [1.29, 1.82) is 0 Å². The van der Waals surface area contributed by atoms with Gasteiger partial charge in [0, 0.05) is 29.2 Å². The Morgan fingerprint density at radius 1 is 1.12 bits per heavy atom. The number of aryl methyl sites for hydroxylation is 2. The van der Waals surface area contributed by atoms with Gasteiger partial charge in [-0.15, -0.1) is 0 Å². The maximum atomic E-state index is 15.8. The van der Waals surface area contributed by atoms with Crippen molar-refractivity contribution in [3.63, 3.8) is 0 Å². The molecule has 0 radical (unpaired) electrons. The van der Waals surface area contributed by atoms with Gasteiger partial charge in [0.15, 0.2) is 0 Å². The molecule has 7 nitrogen and oxygen atoms in total. The minimum Gasteiger partial charge on any atom is -0.403 e. The van der Waals surface area contributed by atoms with Crippen LogP contribution in [-0.4, -0.2) is 33.8 Å². The molecule has 0 spiro atoms. The lowest BCUT2D eigenvalue weighted by molar-refractivity contribution is -0.122. The molecule has 2 saturated carbocycles. The molecule has 1 saturated heterocycles. The Kier molecular flexibility index (Phi) is 6.58. The third-order valence-electron chi connectivity index (χ3n) is 10.0. The number of halogens is 2. The normalized spacial score (nSPS) is 27.3. The van der Waals surface area contributed by atoms with Crippen LogP contribution < -0.4 is 11.3 Å². The average molecular weight is 592 g/mol. The van der Waals surface area contributed by atoms with Crippen LogP contribution in [0.25, 0.3) is 16.9 Å². The van der Waals surface area contributed by atoms with Crippen LogP contribution in [0, 0.1) is 25.1 Å². The van der Waals surface area contributed by atoms with E-state index in [-0.39, 0.29) is 35.4 Å². The molecular weight excluding hydrogens is 556 g/mol. The van der Waals surface area contributed by atoms with Crippen molar-refractivity contribution < 1.29 is 18.5 Å². The van der Waals surface area contributed by atoms with E-state index < -0.39 is 28.3 Å². The van der Waals surface area contributed by atoms with Gasteiger partial charge in [0.05, 0.1) is 28.0 Å². The zero-order valence-corrected chi connectivity index (χ0v) is 25.8. The molecule has 42 heavy (non-hydrogen) atoms. The van der Waals surface area contributed by atoms with Crippen molar-refractivity contribution in [1.82, 2.24) is 9.55 Å². The van der Waals surface area contributed by atoms with Crippen LogP contribution in [0.15, 0.2) is 41.3 Å². The molecule has 2 aliphatic carbocycles. The monoisotopic (exact) mass is 591 g/mol. The maximum absolute atomic E-state index is 15.8. The van der Waals surface area contributed by atoms with E-state index in [0.717, 1.165) is 17.5 Å². The number of pyridine rings is 2. The zero-order valence-electron chi connectivity index (χ0n) is 25.0. The van der Waals surface area contributed by atoms with E-state index in [9.17, 15) is 9.59 Å². The second-order valence-corrected chi connectivity index (χ2v) is 13.8. The van der Waals surface area contributed by atoms with E-state index in [1.54, 1.807) is 42.0 Å². The van der Waals surface area contributed by atoms with Gasteiger partial charge in [-0.2, -0.15) is 0 Å². The van der Waals surface area contributed by atoms with Gasteiger partial charge in [0.25, 0.3) is 5.56 Å². The number of nitrogens with zero attached hydrogens (tertiary/aromatic N) is 2. The first kappa shape index (κ1) is 29.1. The van der Waals surface area contributed by atoms with E-state index in [2.05, 4.69) is 4.98 Å². The summed E-state index contributed by atoms with van der Waals surface area (Å²) in [6.07, 6.45) is 2.96. The minimum atomic E-state index is -0.753. The lowest BCUT2D eigenvalue weighted by atomic mass is 9.79. The van der Waals surface area contributed by atoms with E-state index in [4.69, 9.17) is 26.6 Å². The average Bonchev–Trinajstić information content (AvgIpc) is 3.81. The number of benzene rings is 1. The molecule has 3 aliphatic rings. The van der Waals surface area contributed by atoms with E-state index in [1.165, 1.54) is 0 Å². The van der Waals surface area contributed by atoms with E-state index >= 15 is 4.39 Å². The van der Waals surface area contributed by atoms with E-state index in [1.807, 2.05) is 47.6 Å². The topological polar surface area (TPSA) is 96.4 Å². The van der Waals surface area contributed by atoms with Gasteiger partial charge >= 0.3 is 7.12 Å². The molecule has 2 N–H and O–H groups in total. The molecule has 3 fully saturated rings. The number of aromatic nitrogens is 2. The molecule has 1 aliphatic heterocycles. The van der Waals surface area contributed by atoms with Crippen molar-refractivity contribution in [2.45, 2.75) is 90.2 Å². The van der Waals surface area contributed by atoms with Crippen molar-refractivity contribution >= 4 is 24.6 Å². The number of carbonyl (C=O) groups is 1. The van der Waals surface area contributed by atoms with Gasteiger partial charge in [-0.3, -0.25) is 19.1 Å². The first-order valence-electron chi connectivity index (χ1n) is 14.4. The van der Waals surface area contributed by atoms with Crippen LogP contribution in [0.2, 0.25) is 10.8 Å². The summed E-state index contributed by atoms with van der Waals surface area (Å²) in [6.45, 7) is 13.6. The van der Waals surface area contributed by atoms with Crippen LogP contribution in [-0.2, 0) is 14.1 Å². The molecule has 2 unspecified atom stereocenters. The summed E-state index contributed by atoms with van der Waals surface area (Å²) in [5.74, 6) is -0.968. The van der Waals surface area contributed by atoms with Crippen molar-refractivity contribution in [2.75, 3.05) is 0 Å². The summed E-state index contributed by atoms with van der Waals surface area (Å²) >= 11 is 6.76. The third-order valence-corrected chi connectivity index (χ3v) is 10.4. The van der Waals surface area contributed by atoms with Crippen LogP contribution in [0.3, 0.4) is 0 Å². The second-order valence-electron chi connectivity index (χ2n) is 13.4. The molecule has 3 heterocycles. The highest BCUT2D eigenvalue weighted by Gasteiger charge is 2.60. The molecule has 1 amide bonds. The first-order valence-corrected chi connectivity index (χ1v) is 14.8. The SMILES string of the molecule is Cc1cnc(-c2cccc(C3CC3(C)C(N)=O)c2F)cc1-n1c(C)cc([C@H]2C[C@@H]2B2OC(C)(C)C(C)(C)O2)c(Cl)c1=O. The fraction of sp³-hybridized carbons (Fsp3) is 0.469. The van der Waals surface area contributed by atoms with Crippen molar-refractivity contribution in [3.05, 3.63) is 80.1 Å². The van der Waals surface area contributed by atoms with Crippen molar-refractivity contribution in [3.8, 4) is 16.9 Å². The van der Waals surface area contributed by atoms with Gasteiger partial charge in [-0.1, -0.05) is 30.7 Å². The van der Waals surface area contributed by atoms with Gasteiger partial charge in [0.1, 0.15) is 10.8 Å². The van der Waals surface area contributed by atoms with E-state index in [0.29, 0.717) is 34.6 Å². The Labute approximate surface area is 250 Å². The predicted octanol–water partition coefficient (Wildman–Crippen LogP) is 6.24. The number of nitrogens with two attached hydrogens (primary N) is 1. The highest BCUT2D eigenvalue weighted by atomic mass is 35.5. The molecule has 0 bridgehead atoms. The van der Waals surface area contributed by atoms with Crippen molar-refractivity contribution in [2.24, 2.45) is 11.1 Å². The number of primary amides is 1. The van der Waals surface area contributed by atoms with Crippen LogP contribution in [0.4, 0.5) is 4.39 Å². The minimum absolute atomic E-state index is 0.0627. The Hall–Kier alpha value is -3.01. The van der Waals surface area contributed by atoms with Gasteiger partial charge in [-0.25, -0.2) is 4.39 Å². The number of rotatable bonds is 6. The van der Waals surface area contributed by atoms with Gasteiger partial charge in [-0.05, 0) is 95.2 Å². The largest absolute Gasteiger partial charge is 0.461 e. The van der Waals surface area contributed by atoms with Gasteiger partial charge in [0.2, 0.25) is 5.91 Å². The molecule has 2 aromatic heterocycles. The lowest BCUT2D eigenvalue weighted by Crippen LogP contribution is -2.41. The standard InChI is InChI=1S/C32H36BClFN3O4/c1-16-15-37-24(19-10-8-9-18(27(19)35)22-14-32(22,7)29(36)40)13-25(16)38-17(2)11-21(26(34)28(38)39)20-12-23(20)33-41-30(3,4)31(5,6)42-33/h8-11,13,15,20,22-23H,12,14H2,1-7H3,(H2,36,40)/t20-,22?,23+,32?/m1/s1. The number of amides is 1. The molecule has 4 atom stereocenters. The summed E-state index contributed by atoms with van der Waals surface area (Å²) in [5.41, 5.74) is 7.57. The fourth-order valence-electron chi connectivity index (χ4n) is 6.25. The van der Waals surface area contributed by atoms with Crippen LogP contribution >= 0.6 is 11.6 Å². The molecule has 10 heteroatoms. The highest BCUT2D eigenvalue weighted by Crippen LogP contribution is 2.60. The quantitative estimate of drug-likeness (QED) is 0.343. The third kappa shape index (κ3) is 4.43. The summed E-state index contributed by atoms with van der Waals surface area (Å²) < 4.78 is 29.9. The Bertz CT molecular complexity index is 1690. The molecular formula is C32H36BClFN3O4. The summed E-state index contributed by atoms with van der Waals surface area (Å²) in [5, 5.41) is 0.162. The number of hydrogen-bond acceptors (Lipinski definition) is 5. The molecule has 220 valence electrons. The maximum Gasteiger partial charge on any atom is 0.461 e. The highest BCUT2D eigenvalue weighted by molar-refractivity contribution is 6.49. The van der Waals surface area contributed by atoms with Gasteiger partial charge < -0.3 is 15.0 Å². The van der Waals surface area contributed by atoms with Crippen LogP contribution in [0.1, 0.15) is 81.7 Å². The summed E-state index contributed by atoms with van der Waals surface area (Å²) in [6, 6.07) is 8.77. The Balaban J connectivity index is 1.33.